The van der Waals surface area contributed by atoms with Crippen LogP contribution in [0.25, 0.3) is 0 Å². The number of thioether (sulfide) groups is 2. The fraction of sp³-hybridized carbons (Fsp3) is 0.111. The number of nitrogens with zero attached hydrogens (tertiary/aromatic N) is 1. The van der Waals surface area contributed by atoms with Gasteiger partial charge in [0.15, 0.2) is 0 Å². The van der Waals surface area contributed by atoms with Gasteiger partial charge < -0.3 is 0 Å². The first-order valence-corrected chi connectivity index (χ1v) is 5.92. The van der Waals surface area contributed by atoms with Crippen LogP contribution in [0.5, 0.6) is 0 Å². The van der Waals surface area contributed by atoms with Gasteiger partial charge in [0.05, 0.1) is 0 Å². The summed E-state index contributed by atoms with van der Waals surface area (Å²) in [6.45, 7) is 0. The molecular weight excluding hydrogens is 275 g/mol. The van der Waals surface area contributed by atoms with Crippen molar-refractivity contribution >= 4 is 90.9 Å². The molecule has 0 aliphatic carbocycles. The minimum atomic E-state index is 0. The van der Waals surface area contributed by atoms with Crippen LogP contribution in [0.2, 0.25) is 5.02 Å². The molecule has 1 aromatic rings. The van der Waals surface area contributed by atoms with Crippen molar-refractivity contribution in [1.82, 2.24) is 0 Å². The molecule has 0 fully saturated rings. The number of thiocyanates is 1. The number of rotatable bonds is 2. The van der Waals surface area contributed by atoms with Crippen LogP contribution >= 0.6 is 35.1 Å². The molecule has 0 radical (unpaired) electrons. The Bertz CT molecular complexity index is 379. The summed E-state index contributed by atoms with van der Waals surface area (Å²) in [6.07, 6.45) is 0. The first-order valence-electron chi connectivity index (χ1n) is 3.74. The normalized spacial score (nSPS) is 8.80. The van der Waals surface area contributed by atoms with E-state index in [-0.39, 0.29) is 51.4 Å². The standard InChI is InChI=1S/C9H7ClN2S2.K.H/c10-8-3-1-2-7(4-8)5-13-9(12)14-6-11;;/h1-4,12H,5H2;;. The number of halogens is 1. The van der Waals surface area contributed by atoms with E-state index in [0.29, 0.717) is 15.2 Å². The Kier molecular flexibility index (Phi) is 9.69. The van der Waals surface area contributed by atoms with Crippen molar-refractivity contribution in [2.45, 2.75) is 5.75 Å². The van der Waals surface area contributed by atoms with E-state index in [1.165, 1.54) is 11.8 Å². The molecule has 1 rings (SSSR count). The number of benzene rings is 1. The van der Waals surface area contributed by atoms with Gasteiger partial charge in [0.1, 0.15) is 9.78 Å². The average molecular weight is 283 g/mol. The molecule has 1 aromatic carbocycles. The molecule has 0 aromatic heterocycles. The van der Waals surface area contributed by atoms with Crippen LogP contribution in [-0.4, -0.2) is 55.8 Å². The van der Waals surface area contributed by atoms with Gasteiger partial charge in [-0.05, 0) is 17.7 Å². The summed E-state index contributed by atoms with van der Waals surface area (Å²) in [4.78, 5) is 0. The van der Waals surface area contributed by atoms with Crippen LogP contribution in [0.4, 0.5) is 0 Å². The van der Waals surface area contributed by atoms with Crippen LogP contribution in [0.15, 0.2) is 24.3 Å². The zero-order valence-corrected chi connectivity index (χ0v) is 9.55. The van der Waals surface area contributed by atoms with Crippen molar-refractivity contribution in [3.05, 3.63) is 34.9 Å². The van der Waals surface area contributed by atoms with Crippen molar-refractivity contribution < 1.29 is 0 Å². The van der Waals surface area contributed by atoms with Crippen molar-refractivity contribution in [3.63, 3.8) is 0 Å². The number of nitrogens with one attached hydrogen (secondary N) is 1. The van der Waals surface area contributed by atoms with Crippen LogP contribution < -0.4 is 0 Å². The molecule has 15 heavy (non-hydrogen) atoms. The van der Waals surface area contributed by atoms with Gasteiger partial charge in [-0.15, -0.1) is 0 Å². The Balaban J connectivity index is 0.00000196. The summed E-state index contributed by atoms with van der Waals surface area (Å²) < 4.78 is 0.312. The molecule has 0 saturated carbocycles. The van der Waals surface area contributed by atoms with Crippen LogP contribution in [0, 0.1) is 16.1 Å². The molecule has 0 bridgehead atoms. The summed E-state index contributed by atoms with van der Waals surface area (Å²) in [5.41, 5.74) is 1.06. The second-order valence-corrected chi connectivity index (χ2v) is 4.87. The van der Waals surface area contributed by atoms with Crippen molar-refractivity contribution in [2.75, 3.05) is 0 Å². The maximum atomic E-state index is 8.32. The molecule has 0 amide bonds. The Morgan fingerprint density at radius 1 is 1.53 bits per heavy atom. The zero-order valence-electron chi connectivity index (χ0n) is 7.16. The molecule has 0 aliphatic rings. The van der Waals surface area contributed by atoms with Crippen molar-refractivity contribution in [1.29, 1.82) is 10.7 Å². The van der Waals surface area contributed by atoms with Gasteiger partial charge in [0.2, 0.25) is 0 Å². The van der Waals surface area contributed by atoms with Crippen LogP contribution in [-0.2, 0) is 5.75 Å². The van der Waals surface area contributed by atoms with Gasteiger partial charge in [0.25, 0.3) is 0 Å². The van der Waals surface area contributed by atoms with E-state index in [4.69, 9.17) is 22.3 Å². The fourth-order valence-electron chi connectivity index (χ4n) is 0.847. The van der Waals surface area contributed by atoms with E-state index in [9.17, 15) is 0 Å². The minimum absolute atomic E-state index is 0. The monoisotopic (exact) mass is 282 g/mol. The van der Waals surface area contributed by atoms with E-state index in [2.05, 4.69) is 0 Å². The molecule has 74 valence electrons. The van der Waals surface area contributed by atoms with E-state index in [1.54, 1.807) is 0 Å². The molecule has 0 heterocycles. The second-order valence-electron chi connectivity index (χ2n) is 2.40. The van der Waals surface area contributed by atoms with E-state index in [1.807, 2.05) is 29.7 Å². The third kappa shape index (κ3) is 7.03. The second kappa shape index (κ2) is 9.08. The van der Waals surface area contributed by atoms with Crippen LogP contribution in [0.3, 0.4) is 0 Å². The number of nitriles is 1. The molecule has 0 unspecified atom stereocenters. The van der Waals surface area contributed by atoms with Crippen molar-refractivity contribution in [2.24, 2.45) is 0 Å². The molecule has 0 saturated heterocycles. The zero-order chi connectivity index (χ0) is 10.4. The van der Waals surface area contributed by atoms with Gasteiger partial charge >= 0.3 is 51.4 Å². The average Bonchev–Trinajstić information content (AvgIpc) is 2.15. The van der Waals surface area contributed by atoms with Crippen molar-refractivity contribution in [3.8, 4) is 5.40 Å². The molecule has 1 N–H and O–H groups in total. The predicted octanol–water partition coefficient (Wildman–Crippen LogP) is 3.07. The molecule has 0 spiro atoms. The fourth-order valence-corrected chi connectivity index (χ4v) is 2.14. The van der Waals surface area contributed by atoms with E-state index in [0.717, 1.165) is 17.3 Å². The predicted molar refractivity (Wildman–Crippen MR) is 70.8 cm³/mol. The quantitative estimate of drug-likeness (QED) is 0.392. The van der Waals surface area contributed by atoms with Gasteiger partial charge in [-0.25, -0.2) is 0 Å². The van der Waals surface area contributed by atoms with E-state index < -0.39 is 0 Å². The number of hydrogen-bond acceptors (Lipinski definition) is 4. The van der Waals surface area contributed by atoms with Gasteiger partial charge in [-0.2, -0.15) is 5.26 Å². The van der Waals surface area contributed by atoms with Gasteiger partial charge in [-0.3, -0.25) is 5.41 Å². The molecule has 0 aliphatic heterocycles. The SMILES string of the molecule is N#CSC(=N)SCc1cccc(Cl)c1.[KH]. The molecular formula is C9H8ClKN2S2. The topological polar surface area (TPSA) is 47.6 Å². The summed E-state index contributed by atoms with van der Waals surface area (Å²) in [5.74, 6) is 0.675. The third-order valence-corrected chi connectivity index (χ3v) is 3.25. The Hall–Kier alpha value is 1.01. The maximum absolute atomic E-state index is 8.32. The van der Waals surface area contributed by atoms with Gasteiger partial charge in [0, 0.05) is 22.5 Å². The Morgan fingerprint density at radius 3 is 2.87 bits per heavy atom. The first kappa shape index (κ1) is 16.0. The van der Waals surface area contributed by atoms with E-state index >= 15 is 0 Å². The van der Waals surface area contributed by atoms with Gasteiger partial charge in [-0.1, -0.05) is 35.5 Å². The summed E-state index contributed by atoms with van der Waals surface area (Å²) in [6, 6.07) is 7.49. The molecule has 6 heteroatoms. The molecule has 0 atom stereocenters. The summed E-state index contributed by atoms with van der Waals surface area (Å²) in [5, 5.41) is 18.2. The molecule has 2 nitrogen and oxygen atoms in total. The van der Waals surface area contributed by atoms with Crippen LogP contribution in [0.1, 0.15) is 5.56 Å². The Labute approximate surface area is 145 Å². The Morgan fingerprint density at radius 2 is 2.27 bits per heavy atom. The number of hydrogen-bond donors (Lipinski definition) is 1. The summed E-state index contributed by atoms with van der Waals surface area (Å²) >= 11 is 8.00. The first-order chi connectivity index (χ1) is 6.72. The summed E-state index contributed by atoms with van der Waals surface area (Å²) in [7, 11) is 0. The third-order valence-electron chi connectivity index (χ3n) is 1.40.